The van der Waals surface area contributed by atoms with Crippen LogP contribution in [0.2, 0.25) is 5.02 Å². The molecule has 3 heterocycles. The van der Waals surface area contributed by atoms with Gasteiger partial charge in [-0.1, -0.05) is 30.7 Å². The maximum absolute atomic E-state index is 12.7. The first-order chi connectivity index (χ1) is 12.2. The zero-order chi connectivity index (χ0) is 17.4. The van der Waals surface area contributed by atoms with Gasteiger partial charge in [-0.25, -0.2) is 9.67 Å². The van der Waals surface area contributed by atoms with E-state index in [1.165, 1.54) is 5.56 Å². The summed E-state index contributed by atoms with van der Waals surface area (Å²) in [5.74, 6) is 0.809. The number of aryl methyl sites for hydroxylation is 1. The summed E-state index contributed by atoms with van der Waals surface area (Å²) < 4.78 is 3.61. The van der Waals surface area contributed by atoms with Gasteiger partial charge in [0.15, 0.2) is 5.65 Å². The Bertz CT molecular complexity index is 977. The van der Waals surface area contributed by atoms with Crippen molar-refractivity contribution < 1.29 is 0 Å². The molecule has 1 aliphatic heterocycles. The Kier molecular flexibility index (Phi) is 4.31. The highest BCUT2D eigenvalue weighted by Gasteiger charge is 2.21. The average molecular weight is 358 g/mol. The number of aromatic nitrogens is 4. The first kappa shape index (κ1) is 16.3. The molecule has 130 valence electrons. The fourth-order valence-electron chi connectivity index (χ4n) is 3.37. The van der Waals surface area contributed by atoms with Crippen LogP contribution in [0.4, 0.5) is 0 Å². The Balaban J connectivity index is 1.65. The molecule has 0 bridgehead atoms. The van der Waals surface area contributed by atoms with E-state index in [-0.39, 0.29) is 5.56 Å². The molecule has 0 radical (unpaired) electrons. The molecule has 7 heteroatoms. The number of fused-ring (bicyclic) bond motifs is 2. The van der Waals surface area contributed by atoms with Gasteiger partial charge in [0.1, 0.15) is 11.2 Å². The van der Waals surface area contributed by atoms with Crippen LogP contribution >= 0.6 is 11.6 Å². The molecule has 0 unspecified atom stereocenters. The topological polar surface area (TPSA) is 56.0 Å². The zero-order valence-corrected chi connectivity index (χ0v) is 14.9. The van der Waals surface area contributed by atoms with Gasteiger partial charge >= 0.3 is 0 Å². The molecule has 4 rings (SSSR count). The highest BCUT2D eigenvalue weighted by atomic mass is 35.5. The highest BCUT2D eigenvalue weighted by molar-refractivity contribution is 6.30. The summed E-state index contributed by atoms with van der Waals surface area (Å²) in [4.78, 5) is 19.8. The van der Waals surface area contributed by atoms with Gasteiger partial charge in [-0.2, -0.15) is 5.10 Å². The first-order valence-corrected chi connectivity index (χ1v) is 8.95. The van der Waals surface area contributed by atoms with Crippen LogP contribution in [0, 0.1) is 0 Å². The molecule has 25 heavy (non-hydrogen) atoms. The van der Waals surface area contributed by atoms with Gasteiger partial charge in [0, 0.05) is 31.2 Å². The van der Waals surface area contributed by atoms with Crippen LogP contribution in [0.25, 0.3) is 11.0 Å². The fraction of sp³-hybridized carbons (Fsp3) is 0.389. The number of hydrogen-bond donors (Lipinski definition) is 0. The van der Waals surface area contributed by atoms with E-state index in [4.69, 9.17) is 16.6 Å². The van der Waals surface area contributed by atoms with Crippen molar-refractivity contribution in [3.8, 4) is 0 Å². The standard InChI is InChI=1S/C18H20ClN5O/c1-2-6-24-17-15(10-20-24)18(25)23-8-7-22(12-16(23)21-17)11-13-4-3-5-14(19)9-13/h3-5,9-10H,2,6-8,11-12H2,1H3. The third kappa shape index (κ3) is 3.07. The maximum atomic E-state index is 12.7. The summed E-state index contributed by atoms with van der Waals surface area (Å²) in [6.45, 7) is 5.77. The lowest BCUT2D eigenvalue weighted by molar-refractivity contribution is 0.204. The molecule has 0 saturated heterocycles. The van der Waals surface area contributed by atoms with E-state index < -0.39 is 0 Å². The van der Waals surface area contributed by atoms with E-state index in [0.29, 0.717) is 24.1 Å². The van der Waals surface area contributed by atoms with Crippen molar-refractivity contribution in [2.45, 2.75) is 39.5 Å². The maximum Gasteiger partial charge on any atom is 0.264 e. The summed E-state index contributed by atoms with van der Waals surface area (Å²) in [5, 5.41) is 5.68. The van der Waals surface area contributed by atoms with Crippen LogP contribution in [0.1, 0.15) is 24.7 Å². The minimum atomic E-state index is 0.0183. The van der Waals surface area contributed by atoms with E-state index >= 15 is 0 Å². The van der Waals surface area contributed by atoms with Crippen LogP contribution in [0.3, 0.4) is 0 Å². The number of hydrogen-bond acceptors (Lipinski definition) is 4. The Morgan fingerprint density at radius 2 is 2.16 bits per heavy atom. The van der Waals surface area contributed by atoms with Crippen molar-refractivity contribution >= 4 is 22.6 Å². The van der Waals surface area contributed by atoms with Crippen LogP contribution in [-0.4, -0.2) is 30.8 Å². The van der Waals surface area contributed by atoms with E-state index in [0.717, 1.165) is 36.9 Å². The van der Waals surface area contributed by atoms with E-state index in [1.807, 2.05) is 22.9 Å². The second-order valence-corrected chi connectivity index (χ2v) is 6.87. The van der Waals surface area contributed by atoms with Gasteiger partial charge in [0.2, 0.25) is 0 Å². The minimum absolute atomic E-state index is 0.0183. The summed E-state index contributed by atoms with van der Waals surface area (Å²) in [6, 6.07) is 7.89. The van der Waals surface area contributed by atoms with E-state index in [1.54, 1.807) is 10.8 Å². The highest BCUT2D eigenvalue weighted by Crippen LogP contribution is 2.17. The molecule has 0 aliphatic carbocycles. The van der Waals surface area contributed by atoms with Gasteiger partial charge in [0.25, 0.3) is 5.56 Å². The molecule has 2 aromatic heterocycles. The number of nitrogens with zero attached hydrogens (tertiary/aromatic N) is 5. The van der Waals surface area contributed by atoms with Gasteiger partial charge in [-0.3, -0.25) is 14.3 Å². The Morgan fingerprint density at radius 3 is 2.96 bits per heavy atom. The largest absolute Gasteiger partial charge is 0.294 e. The summed E-state index contributed by atoms with van der Waals surface area (Å²) in [6.07, 6.45) is 2.60. The number of rotatable bonds is 4. The van der Waals surface area contributed by atoms with Crippen LogP contribution in [-0.2, 0) is 26.2 Å². The molecule has 0 spiro atoms. The third-order valence-corrected chi connectivity index (χ3v) is 4.80. The molecular weight excluding hydrogens is 338 g/mol. The minimum Gasteiger partial charge on any atom is -0.294 e. The van der Waals surface area contributed by atoms with Crippen molar-refractivity contribution in [1.82, 2.24) is 24.2 Å². The molecule has 1 aliphatic rings. The molecule has 0 amide bonds. The van der Waals surface area contributed by atoms with Crippen molar-refractivity contribution in [3.05, 3.63) is 57.2 Å². The second-order valence-electron chi connectivity index (χ2n) is 6.43. The van der Waals surface area contributed by atoms with Crippen molar-refractivity contribution in [1.29, 1.82) is 0 Å². The van der Waals surface area contributed by atoms with E-state index in [2.05, 4.69) is 23.0 Å². The monoisotopic (exact) mass is 357 g/mol. The molecule has 3 aromatic rings. The predicted octanol–water partition coefficient (Wildman–Crippen LogP) is 2.67. The lowest BCUT2D eigenvalue weighted by atomic mass is 10.2. The summed E-state index contributed by atoms with van der Waals surface area (Å²) >= 11 is 6.08. The van der Waals surface area contributed by atoms with Crippen molar-refractivity contribution in [3.63, 3.8) is 0 Å². The molecule has 1 aromatic carbocycles. The quantitative estimate of drug-likeness (QED) is 0.720. The normalized spacial score (nSPS) is 14.8. The Hall–Kier alpha value is -2.18. The number of benzene rings is 1. The number of halogens is 1. The van der Waals surface area contributed by atoms with Gasteiger partial charge < -0.3 is 0 Å². The Labute approximate surface area is 150 Å². The van der Waals surface area contributed by atoms with Crippen LogP contribution < -0.4 is 5.56 Å². The molecule has 0 N–H and O–H groups in total. The molecule has 0 saturated carbocycles. The van der Waals surface area contributed by atoms with Crippen LogP contribution in [0.15, 0.2) is 35.3 Å². The zero-order valence-electron chi connectivity index (χ0n) is 14.2. The lowest BCUT2D eigenvalue weighted by Gasteiger charge is -2.29. The second kappa shape index (κ2) is 6.61. The van der Waals surface area contributed by atoms with Gasteiger partial charge in [-0.05, 0) is 24.1 Å². The molecular formula is C18H20ClN5O. The average Bonchev–Trinajstić information content (AvgIpc) is 2.98. The predicted molar refractivity (Wildman–Crippen MR) is 97.6 cm³/mol. The van der Waals surface area contributed by atoms with Crippen molar-refractivity contribution in [2.24, 2.45) is 0 Å². The SMILES string of the molecule is CCCn1ncc2c(=O)n3c(nc21)CN(Cc1cccc(Cl)c1)CC3. The molecule has 0 fully saturated rings. The van der Waals surface area contributed by atoms with Gasteiger partial charge in [-0.15, -0.1) is 0 Å². The third-order valence-electron chi connectivity index (χ3n) is 4.57. The molecule has 0 atom stereocenters. The van der Waals surface area contributed by atoms with E-state index in [9.17, 15) is 4.79 Å². The smallest absolute Gasteiger partial charge is 0.264 e. The lowest BCUT2D eigenvalue weighted by Crippen LogP contribution is -2.39. The summed E-state index contributed by atoms with van der Waals surface area (Å²) in [5.41, 5.74) is 1.88. The van der Waals surface area contributed by atoms with Crippen LogP contribution in [0.5, 0.6) is 0 Å². The van der Waals surface area contributed by atoms with Gasteiger partial charge in [0.05, 0.1) is 12.7 Å². The fourth-order valence-corrected chi connectivity index (χ4v) is 3.58. The first-order valence-electron chi connectivity index (χ1n) is 8.57. The summed E-state index contributed by atoms with van der Waals surface area (Å²) in [7, 11) is 0. The molecule has 6 nitrogen and oxygen atoms in total. The Morgan fingerprint density at radius 1 is 1.28 bits per heavy atom. The van der Waals surface area contributed by atoms with Crippen molar-refractivity contribution in [2.75, 3.05) is 6.54 Å².